The van der Waals surface area contributed by atoms with Gasteiger partial charge in [0.1, 0.15) is 5.82 Å². The van der Waals surface area contributed by atoms with E-state index in [0.29, 0.717) is 6.54 Å². The molecule has 3 rings (SSSR count). The number of rotatable bonds is 5. The van der Waals surface area contributed by atoms with E-state index in [2.05, 4.69) is 28.5 Å². The number of benzene rings is 2. The molecule has 1 aromatic heterocycles. The molecule has 1 heterocycles. The quantitative estimate of drug-likeness (QED) is 0.722. The molecule has 0 amide bonds. The van der Waals surface area contributed by atoms with Gasteiger partial charge in [-0.2, -0.15) is 0 Å². The molecule has 4 heteroatoms. The van der Waals surface area contributed by atoms with Gasteiger partial charge in [0.05, 0.1) is 5.03 Å². The first-order valence-corrected chi connectivity index (χ1v) is 7.82. The number of para-hydroxylation sites is 1. The molecule has 0 aliphatic rings. The van der Waals surface area contributed by atoms with E-state index in [0.717, 1.165) is 27.5 Å². The van der Waals surface area contributed by atoms with Crippen LogP contribution in [0, 0.1) is 5.82 Å². The van der Waals surface area contributed by atoms with Crippen molar-refractivity contribution in [3.05, 3.63) is 59.9 Å². The molecule has 0 fully saturated rings. The van der Waals surface area contributed by atoms with Crippen molar-refractivity contribution in [2.45, 2.75) is 23.4 Å². The topological polar surface area (TPSA) is 27.8 Å². The van der Waals surface area contributed by atoms with Crippen LogP contribution in [0.3, 0.4) is 0 Å². The monoisotopic (exact) mass is 300 g/mol. The summed E-state index contributed by atoms with van der Waals surface area (Å²) in [6.07, 6.45) is 0. The Morgan fingerprint density at radius 3 is 2.81 bits per heavy atom. The van der Waals surface area contributed by atoms with Crippen molar-refractivity contribution in [2.75, 3.05) is 6.54 Å². The van der Waals surface area contributed by atoms with Gasteiger partial charge in [-0.05, 0) is 42.4 Å². The lowest BCUT2D eigenvalue weighted by molar-refractivity contribution is 0.619. The SMILES string of the molecule is CCNCc1cc(F)ccc1Sc1cc2ccccc2[nH]1. The zero-order chi connectivity index (χ0) is 14.7. The summed E-state index contributed by atoms with van der Waals surface area (Å²) in [5, 5.41) is 5.51. The fourth-order valence-corrected chi connectivity index (χ4v) is 3.25. The zero-order valence-corrected chi connectivity index (χ0v) is 12.6. The van der Waals surface area contributed by atoms with E-state index < -0.39 is 0 Å². The van der Waals surface area contributed by atoms with Gasteiger partial charge < -0.3 is 10.3 Å². The van der Waals surface area contributed by atoms with Gasteiger partial charge in [0.15, 0.2) is 0 Å². The smallest absolute Gasteiger partial charge is 0.123 e. The summed E-state index contributed by atoms with van der Waals surface area (Å²) in [5.74, 6) is -0.191. The number of halogens is 1. The molecular weight excluding hydrogens is 283 g/mol. The summed E-state index contributed by atoms with van der Waals surface area (Å²) in [5.41, 5.74) is 2.11. The van der Waals surface area contributed by atoms with Crippen LogP contribution in [0.5, 0.6) is 0 Å². The molecule has 0 bridgehead atoms. The lowest BCUT2D eigenvalue weighted by Gasteiger charge is -2.09. The summed E-state index contributed by atoms with van der Waals surface area (Å²) in [7, 11) is 0. The van der Waals surface area contributed by atoms with Gasteiger partial charge in [-0.15, -0.1) is 0 Å². The molecule has 3 aromatic rings. The Morgan fingerprint density at radius 1 is 1.14 bits per heavy atom. The first-order valence-electron chi connectivity index (χ1n) is 7.01. The third-order valence-corrected chi connectivity index (χ3v) is 4.37. The Morgan fingerprint density at radius 2 is 2.00 bits per heavy atom. The molecule has 2 N–H and O–H groups in total. The van der Waals surface area contributed by atoms with E-state index >= 15 is 0 Å². The zero-order valence-electron chi connectivity index (χ0n) is 11.8. The van der Waals surface area contributed by atoms with Crippen LogP contribution < -0.4 is 5.32 Å². The molecule has 0 saturated carbocycles. The molecule has 0 radical (unpaired) electrons. The highest BCUT2D eigenvalue weighted by Gasteiger charge is 2.08. The number of hydrogen-bond donors (Lipinski definition) is 2. The largest absolute Gasteiger partial charge is 0.349 e. The Bertz CT molecular complexity index is 718. The molecule has 0 aliphatic heterocycles. The highest BCUT2D eigenvalue weighted by atomic mass is 32.2. The molecular formula is C17H17FN2S. The summed E-state index contributed by atoms with van der Waals surface area (Å²) >= 11 is 1.64. The van der Waals surface area contributed by atoms with Crippen molar-refractivity contribution in [3.63, 3.8) is 0 Å². The number of H-pyrrole nitrogens is 1. The van der Waals surface area contributed by atoms with Crippen molar-refractivity contribution in [3.8, 4) is 0 Å². The van der Waals surface area contributed by atoms with Gasteiger partial charge in [0.25, 0.3) is 0 Å². The van der Waals surface area contributed by atoms with Gasteiger partial charge in [0, 0.05) is 22.3 Å². The Kier molecular flexibility index (Phi) is 4.27. The van der Waals surface area contributed by atoms with Crippen LogP contribution in [0.15, 0.2) is 58.5 Å². The van der Waals surface area contributed by atoms with E-state index in [1.54, 1.807) is 17.8 Å². The molecule has 108 valence electrons. The second kappa shape index (κ2) is 6.33. The molecule has 2 nitrogen and oxygen atoms in total. The third-order valence-electron chi connectivity index (χ3n) is 3.31. The molecule has 21 heavy (non-hydrogen) atoms. The van der Waals surface area contributed by atoms with Crippen LogP contribution in [0.2, 0.25) is 0 Å². The Hall–Kier alpha value is -1.78. The van der Waals surface area contributed by atoms with E-state index in [-0.39, 0.29) is 5.82 Å². The number of nitrogens with one attached hydrogen (secondary N) is 2. The van der Waals surface area contributed by atoms with Gasteiger partial charge in [-0.3, -0.25) is 0 Å². The van der Waals surface area contributed by atoms with Crippen LogP contribution in [0.25, 0.3) is 10.9 Å². The van der Waals surface area contributed by atoms with Gasteiger partial charge >= 0.3 is 0 Å². The van der Waals surface area contributed by atoms with Crippen LogP contribution in [-0.2, 0) is 6.54 Å². The average Bonchev–Trinajstić information content (AvgIpc) is 2.89. The van der Waals surface area contributed by atoms with Crippen LogP contribution in [0.4, 0.5) is 4.39 Å². The molecule has 0 spiro atoms. The minimum absolute atomic E-state index is 0.191. The standard InChI is InChI=1S/C17H17FN2S/c1-2-19-11-13-9-14(18)7-8-16(13)21-17-10-12-5-3-4-6-15(12)20-17/h3-10,19-20H,2,11H2,1H3. The second-order valence-corrected chi connectivity index (χ2v) is 5.94. The molecule has 2 aromatic carbocycles. The molecule has 0 atom stereocenters. The van der Waals surface area contributed by atoms with E-state index in [1.165, 1.54) is 11.5 Å². The van der Waals surface area contributed by atoms with Crippen LogP contribution in [-0.4, -0.2) is 11.5 Å². The summed E-state index contributed by atoms with van der Waals surface area (Å²) in [4.78, 5) is 4.46. The summed E-state index contributed by atoms with van der Waals surface area (Å²) < 4.78 is 13.4. The average molecular weight is 300 g/mol. The Balaban J connectivity index is 1.89. The maximum Gasteiger partial charge on any atom is 0.123 e. The van der Waals surface area contributed by atoms with E-state index in [1.807, 2.05) is 25.1 Å². The normalized spacial score (nSPS) is 11.1. The predicted octanol–water partition coefficient (Wildman–Crippen LogP) is 4.57. The molecule has 0 saturated heterocycles. The highest BCUT2D eigenvalue weighted by molar-refractivity contribution is 7.99. The lowest BCUT2D eigenvalue weighted by atomic mass is 10.2. The number of aromatic nitrogens is 1. The van der Waals surface area contributed by atoms with Gasteiger partial charge in [0.2, 0.25) is 0 Å². The summed E-state index contributed by atoms with van der Waals surface area (Å²) in [6, 6.07) is 15.3. The van der Waals surface area contributed by atoms with Crippen molar-refractivity contribution >= 4 is 22.7 Å². The number of hydrogen-bond acceptors (Lipinski definition) is 2. The van der Waals surface area contributed by atoms with Crippen molar-refractivity contribution in [1.29, 1.82) is 0 Å². The minimum atomic E-state index is -0.191. The van der Waals surface area contributed by atoms with Gasteiger partial charge in [-0.1, -0.05) is 36.9 Å². The number of aromatic amines is 1. The summed E-state index contributed by atoms with van der Waals surface area (Å²) in [6.45, 7) is 3.59. The fourth-order valence-electron chi connectivity index (χ4n) is 2.27. The Labute approximate surface area is 127 Å². The molecule has 0 aliphatic carbocycles. The lowest BCUT2D eigenvalue weighted by Crippen LogP contribution is -2.12. The molecule has 0 unspecified atom stereocenters. The van der Waals surface area contributed by atoms with Gasteiger partial charge in [-0.25, -0.2) is 4.39 Å². The minimum Gasteiger partial charge on any atom is -0.349 e. The second-order valence-electron chi connectivity index (χ2n) is 4.86. The maximum atomic E-state index is 13.4. The predicted molar refractivity (Wildman–Crippen MR) is 86.2 cm³/mol. The van der Waals surface area contributed by atoms with Crippen LogP contribution >= 0.6 is 11.8 Å². The highest BCUT2D eigenvalue weighted by Crippen LogP contribution is 2.32. The fraction of sp³-hybridized carbons (Fsp3) is 0.176. The number of fused-ring (bicyclic) bond motifs is 1. The third kappa shape index (κ3) is 3.28. The van der Waals surface area contributed by atoms with Crippen molar-refractivity contribution < 1.29 is 4.39 Å². The first kappa shape index (κ1) is 14.2. The first-order chi connectivity index (χ1) is 10.3. The van der Waals surface area contributed by atoms with Crippen molar-refractivity contribution in [1.82, 2.24) is 10.3 Å². The van der Waals surface area contributed by atoms with Crippen LogP contribution in [0.1, 0.15) is 12.5 Å². The van der Waals surface area contributed by atoms with E-state index in [9.17, 15) is 4.39 Å². The maximum absolute atomic E-state index is 13.4. The van der Waals surface area contributed by atoms with E-state index in [4.69, 9.17) is 0 Å². The van der Waals surface area contributed by atoms with Crippen molar-refractivity contribution in [2.24, 2.45) is 0 Å².